The number of rotatable bonds is 6. The van der Waals surface area contributed by atoms with Gasteiger partial charge in [0.15, 0.2) is 0 Å². The average molecular weight is 340 g/mol. The lowest BCUT2D eigenvalue weighted by molar-refractivity contribution is -0.121. The third-order valence-corrected chi connectivity index (χ3v) is 4.41. The fourth-order valence-corrected chi connectivity index (χ4v) is 3.03. The number of aryl methyl sites for hydroxylation is 1. The molecule has 25 heavy (non-hydrogen) atoms. The second kappa shape index (κ2) is 7.92. The van der Waals surface area contributed by atoms with Crippen molar-refractivity contribution in [1.29, 1.82) is 0 Å². The lowest BCUT2D eigenvalue weighted by atomic mass is 10.1. The second-order valence-corrected chi connectivity index (χ2v) is 6.34. The summed E-state index contributed by atoms with van der Waals surface area (Å²) in [5.41, 5.74) is 1.83. The molecule has 1 N–H and O–H groups in total. The lowest BCUT2D eigenvalue weighted by Gasteiger charge is -2.16. The van der Waals surface area contributed by atoms with Crippen molar-refractivity contribution in [3.63, 3.8) is 0 Å². The molecule has 4 nitrogen and oxygen atoms in total. The van der Waals surface area contributed by atoms with Crippen molar-refractivity contribution in [2.75, 3.05) is 18.0 Å². The number of anilines is 1. The predicted molar refractivity (Wildman–Crippen MR) is 94.6 cm³/mol. The van der Waals surface area contributed by atoms with E-state index in [1.807, 2.05) is 30.3 Å². The third kappa shape index (κ3) is 4.66. The highest BCUT2D eigenvalue weighted by molar-refractivity contribution is 5.95. The van der Waals surface area contributed by atoms with Crippen LogP contribution in [0.2, 0.25) is 0 Å². The van der Waals surface area contributed by atoms with E-state index in [0.717, 1.165) is 11.3 Å². The number of hydrogen-bond acceptors (Lipinski definition) is 2. The number of halogens is 1. The maximum atomic E-state index is 12.9. The molecule has 0 spiro atoms. The zero-order valence-corrected chi connectivity index (χ0v) is 14.0. The van der Waals surface area contributed by atoms with E-state index in [1.54, 1.807) is 17.0 Å². The van der Waals surface area contributed by atoms with E-state index in [4.69, 9.17) is 0 Å². The van der Waals surface area contributed by atoms with Gasteiger partial charge in [0.1, 0.15) is 5.82 Å². The molecule has 0 saturated carbocycles. The van der Waals surface area contributed by atoms with Gasteiger partial charge in [0.2, 0.25) is 11.8 Å². The molecule has 1 aliphatic heterocycles. The number of carbonyl (C=O) groups excluding carboxylic acids is 2. The largest absolute Gasteiger partial charge is 0.356 e. The van der Waals surface area contributed by atoms with Gasteiger partial charge >= 0.3 is 0 Å². The Balaban J connectivity index is 1.43. The van der Waals surface area contributed by atoms with Crippen LogP contribution in [0.25, 0.3) is 0 Å². The summed E-state index contributed by atoms with van der Waals surface area (Å²) in [6, 6.07) is 15.8. The first kappa shape index (κ1) is 17.1. The Morgan fingerprint density at radius 3 is 2.56 bits per heavy atom. The summed E-state index contributed by atoms with van der Waals surface area (Å²) in [4.78, 5) is 25.9. The fourth-order valence-electron chi connectivity index (χ4n) is 3.03. The molecular formula is C20H21FN2O2. The van der Waals surface area contributed by atoms with Crippen LogP contribution in [0.1, 0.15) is 18.4 Å². The Morgan fingerprint density at radius 1 is 1.12 bits per heavy atom. The number of carbonyl (C=O) groups is 2. The van der Waals surface area contributed by atoms with Gasteiger partial charge < -0.3 is 10.2 Å². The summed E-state index contributed by atoms with van der Waals surface area (Å²) in [5, 5.41) is 2.91. The van der Waals surface area contributed by atoms with Crippen molar-refractivity contribution >= 4 is 17.5 Å². The number of amides is 2. The van der Waals surface area contributed by atoms with Crippen molar-refractivity contribution < 1.29 is 14.0 Å². The van der Waals surface area contributed by atoms with Crippen LogP contribution in [0, 0.1) is 11.7 Å². The van der Waals surface area contributed by atoms with Crippen LogP contribution < -0.4 is 10.2 Å². The van der Waals surface area contributed by atoms with Crippen LogP contribution in [0.5, 0.6) is 0 Å². The van der Waals surface area contributed by atoms with Crippen LogP contribution in [0.4, 0.5) is 10.1 Å². The minimum absolute atomic E-state index is 0.0464. The SMILES string of the molecule is O=C(CCc1ccc(F)cc1)NCC1CC(=O)N(c2ccccc2)C1. The van der Waals surface area contributed by atoms with Crippen molar-refractivity contribution in [1.82, 2.24) is 5.32 Å². The first-order chi connectivity index (χ1) is 12.1. The quantitative estimate of drug-likeness (QED) is 0.879. The molecule has 5 heteroatoms. The van der Waals surface area contributed by atoms with Gasteiger partial charge in [0.05, 0.1) is 0 Å². The van der Waals surface area contributed by atoms with E-state index in [0.29, 0.717) is 32.4 Å². The molecule has 3 rings (SSSR count). The van der Waals surface area contributed by atoms with Crippen LogP contribution >= 0.6 is 0 Å². The van der Waals surface area contributed by atoms with E-state index < -0.39 is 0 Å². The van der Waals surface area contributed by atoms with E-state index in [-0.39, 0.29) is 23.5 Å². The number of para-hydroxylation sites is 1. The van der Waals surface area contributed by atoms with Gasteiger partial charge in [0, 0.05) is 37.5 Å². The first-order valence-electron chi connectivity index (χ1n) is 8.48. The zero-order chi connectivity index (χ0) is 17.6. The molecule has 0 radical (unpaired) electrons. The first-order valence-corrected chi connectivity index (χ1v) is 8.48. The molecule has 1 heterocycles. The van der Waals surface area contributed by atoms with Crippen LogP contribution in [0.3, 0.4) is 0 Å². The molecule has 1 aliphatic rings. The van der Waals surface area contributed by atoms with E-state index in [9.17, 15) is 14.0 Å². The van der Waals surface area contributed by atoms with E-state index in [1.165, 1.54) is 12.1 Å². The van der Waals surface area contributed by atoms with Gasteiger partial charge in [-0.3, -0.25) is 9.59 Å². The Hall–Kier alpha value is -2.69. The maximum absolute atomic E-state index is 12.9. The molecule has 130 valence electrons. The highest BCUT2D eigenvalue weighted by atomic mass is 19.1. The topological polar surface area (TPSA) is 49.4 Å². The van der Waals surface area contributed by atoms with Crippen molar-refractivity contribution in [2.45, 2.75) is 19.3 Å². The highest BCUT2D eigenvalue weighted by Crippen LogP contribution is 2.24. The molecule has 0 bridgehead atoms. The molecule has 2 amide bonds. The minimum Gasteiger partial charge on any atom is -0.356 e. The van der Waals surface area contributed by atoms with Crippen molar-refractivity contribution in [3.8, 4) is 0 Å². The molecular weight excluding hydrogens is 319 g/mol. The highest BCUT2D eigenvalue weighted by Gasteiger charge is 2.30. The van der Waals surface area contributed by atoms with E-state index >= 15 is 0 Å². The molecule has 1 unspecified atom stereocenters. The van der Waals surface area contributed by atoms with E-state index in [2.05, 4.69) is 5.32 Å². The van der Waals surface area contributed by atoms with Crippen LogP contribution in [-0.2, 0) is 16.0 Å². The lowest BCUT2D eigenvalue weighted by Crippen LogP contribution is -2.31. The molecule has 0 aromatic heterocycles. The summed E-state index contributed by atoms with van der Waals surface area (Å²) >= 11 is 0. The second-order valence-electron chi connectivity index (χ2n) is 6.34. The van der Waals surface area contributed by atoms with Gasteiger partial charge in [-0.1, -0.05) is 30.3 Å². The van der Waals surface area contributed by atoms with Gasteiger partial charge in [-0.15, -0.1) is 0 Å². The van der Waals surface area contributed by atoms with Gasteiger partial charge in [-0.05, 0) is 36.2 Å². The Bertz CT molecular complexity index is 731. The number of hydrogen-bond donors (Lipinski definition) is 1. The Morgan fingerprint density at radius 2 is 1.84 bits per heavy atom. The zero-order valence-electron chi connectivity index (χ0n) is 14.0. The minimum atomic E-state index is -0.276. The molecule has 2 aromatic rings. The Kier molecular flexibility index (Phi) is 5.43. The fraction of sp³-hybridized carbons (Fsp3) is 0.300. The summed E-state index contributed by atoms with van der Waals surface area (Å²) < 4.78 is 12.9. The van der Waals surface area contributed by atoms with Crippen LogP contribution in [-0.4, -0.2) is 24.9 Å². The third-order valence-electron chi connectivity index (χ3n) is 4.41. The monoisotopic (exact) mass is 340 g/mol. The van der Waals surface area contributed by atoms with Crippen LogP contribution in [0.15, 0.2) is 54.6 Å². The average Bonchev–Trinajstić information content (AvgIpc) is 3.01. The smallest absolute Gasteiger partial charge is 0.227 e. The van der Waals surface area contributed by atoms with Crippen molar-refractivity contribution in [3.05, 3.63) is 66.0 Å². The predicted octanol–water partition coefficient (Wildman–Crippen LogP) is 2.93. The molecule has 2 aromatic carbocycles. The molecule has 0 aliphatic carbocycles. The normalized spacial score (nSPS) is 16.9. The Labute approximate surface area is 146 Å². The van der Waals surface area contributed by atoms with Gasteiger partial charge in [0.25, 0.3) is 0 Å². The van der Waals surface area contributed by atoms with Gasteiger partial charge in [-0.25, -0.2) is 4.39 Å². The number of benzene rings is 2. The van der Waals surface area contributed by atoms with Gasteiger partial charge in [-0.2, -0.15) is 0 Å². The summed E-state index contributed by atoms with van der Waals surface area (Å²) in [6.07, 6.45) is 1.38. The van der Waals surface area contributed by atoms with Crippen molar-refractivity contribution in [2.24, 2.45) is 5.92 Å². The molecule has 1 fully saturated rings. The summed E-state index contributed by atoms with van der Waals surface area (Å²) in [7, 11) is 0. The number of nitrogens with one attached hydrogen (secondary N) is 1. The molecule has 1 saturated heterocycles. The standard InChI is InChI=1S/C20H21FN2O2/c21-17-9-6-15(7-10-17)8-11-19(24)22-13-16-12-20(25)23(14-16)18-4-2-1-3-5-18/h1-7,9-10,16H,8,11-14H2,(H,22,24). The molecule has 1 atom stereocenters. The summed E-state index contributed by atoms with van der Waals surface area (Å²) in [5.74, 6) is -0.101. The summed E-state index contributed by atoms with van der Waals surface area (Å²) in [6.45, 7) is 1.12. The number of nitrogens with zero attached hydrogens (tertiary/aromatic N) is 1. The maximum Gasteiger partial charge on any atom is 0.227 e.